The van der Waals surface area contributed by atoms with Crippen molar-refractivity contribution in [2.75, 3.05) is 6.26 Å². The van der Waals surface area contributed by atoms with Crippen molar-refractivity contribution in [1.82, 2.24) is 14.3 Å². The number of aromatic nitrogens is 3. The molecule has 0 fully saturated rings. The van der Waals surface area contributed by atoms with Crippen molar-refractivity contribution in [2.45, 2.75) is 43.6 Å². The van der Waals surface area contributed by atoms with Gasteiger partial charge in [0, 0.05) is 28.8 Å². The lowest BCUT2D eigenvalue weighted by molar-refractivity contribution is 0.739. The number of para-hydroxylation sites is 1. The van der Waals surface area contributed by atoms with Gasteiger partial charge in [0.25, 0.3) is 0 Å². The largest absolute Gasteiger partial charge is 0.260 e. The van der Waals surface area contributed by atoms with Crippen LogP contribution in [-0.2, 0) is 12.8 Å². The summed E-state index contributed by atoms with van der Waals surface area (Å²) in [6.07, 6.45) is 6.00. The first-order valence-electron chi connectivity index (χ1n) is 12.2. The molecule has 6 aromatic rings. The van der Waals surface area contributed by atoms with E-state index in [1.807, 2.05) is 17.5 Å². The van der Waals surface area contributed by atoms with E-state index in [1.54, 1.807) is 23.3 Å². The average Bonchev–Trinajstić information content (AvgIpc) is 3.52. The molecule has 0 saturated carbocycles. The molecule has 180 valence electrons. The molecule has 0 bridgehead atoms. The van der Waals surface area contributed by atoms with Gasteiger partial charge in [-0.1, -0.05) is 56.3 Å². The van der Waals surface area contributed by atoms with E-state index in [-0.39, 0.29) is 0 Å². The van der Waals surface area contributed by atoms with Crippen LogP contribution in [-0.4, -0.2) is 20.6 Å². The lowest BCUT2D eigenvalue weighted by atomic mass is 9.92. The maximum Gasteiger partial charge on any atom is 0.117 e. The zero-order chi connectivity index (χ0) is 24.6. The number of hydrogen-bond acceptors (Lipinski definition) is 6. The second kappa shape index (κ2) is 9.92. The Balaban J connectivity index is 1.23. The summed E-state index contributed by atoms with van der Waals surface area (Å²) in [5.74, 6) is 0.708. The summed E-state index contributed by atoms with van der Waals surface area (Å²) < 4.78 is 7.11. The summed E-state index contributed by atoms with van der Waals surface area (Å²) >= 11 is 5.12. The highest BCUT2D eigenvalue weighted by molar-refractivity contribution is 7.98. The molecule has 3 aromatic carbocycles. The van der Waals surface area contributed by atoms with Crippen LogP contribution in [0, 0.1) is 0 Å². The van der Waals surface area contributed by atoms with Crippen LogP contribution in [0.1, 0.15) is 47.5 Å². The molecule has 6 rings (SSSR count). The molecule has 2 atom stereocenters. The SMILES string of the molecule is CSc1nsc2cc(CC(C)c3nccc4cc(CC(C)c5nc6ccccc6s5)ccc34)ccc12. The average molecular weight is 526 g/mol. The van der Waals surface area contributed by atoms with E-state index in [9.17, 15) is 0 Å². The molecule has 0 N–H and O–H groups in total. The Kier molecular flexibility index (Phi) is 6.50. The van der Waals surface area contributed by atoms with Crippen LogP contribution in [0.2, 0.25) is 0 Å². The van der Waals surface area contributed by atoms with Gasteiger partial charge in [0.1, 0.15) is 5.03 Å². The smallest absolute Gasteiger partial charge is 0.117 e. The molecular formula is C30H27N3S3. The van der Waals surface area contributed by atoms with Crippen molar-refractivity contribution >= 4 is 65.7 Å². The van der Waals surface area contributed by atoms with Gasteiger partial charge < -0.3 is 0 Å². The van der Waals surface area contributed by atoms with Gasteiger partial charge in [0.2, 0.25) is 0 Å². The van der Waals surface area contributed by atoms with Crippen LogP contribution in [0.25, 0.3) is 31.1 Å². The van der Waals surface area contributed by atoms with E-state index in [0.29, 0.717) is 11.8 Å². The zero-order valence-electron chi connectivity index (χ0n) is 20.6. The van der Waals surface area contributed by atoms with E-state index >= 15 is 0 Å². The highest BCUT2D eigenvalue weighted by atomic mass is 32.2. The van der Waals surface area contributed by atoms with Crippen LogP contribution in [0.4, 0.5) is 0 Å². The predicted molar refractivity (Wildman–Crippen MR) is 157 cm³/mol. The minimum absolute atomic E-state index is 0.326. The maximum atomic E-state index is 4.88. The number of rotatable bonds is 7. The second-order valence-electron chi connectivity index (χ2n) is 9.50. The molecule has 36 heavy (non-hydrogen) atoms. The van der Waals surface area contributed by atoms with Crippen molar-refractivity contribution in [3.63, 3.8) is 0 Å². The van der Waals surface area contributed by atoms with E-state index in [0.717, 1.165) is 23.4 Å². The van der Waals surface area contributed by atoms with Gasteiger partial charge in [0.15, 0.2) is 0 Å². The van der Waals surface area contributed by atoms with E-state index < -0.39 is 0 Å². The Morgan fingerprint density at radius 1 is 0.833 bits per heavy atom. The third kappa shape index (κ3) is 4.54. The fourth-order valence-corrected chi connectivity index (χ4v) is 7.63. The molecule has 3 aromatic heterocycles. The third-order valence-electron chi connectivity index (χ3n) is 6.84. The summed E-state index contributed by atoms with van der Waals surface area (Å²) in [6.45, 7) is 4.57. The predicted octanol–water partition coefficient (Wildman–Crippen LogP) is 8.87. The van der Waals surface area contributed by atoms with Crippen LogP contribution in [0.5, 0.6) is 0 Å². The van der Waals surface area contributed by atoms with Gasteiger partial charge >= 0.3 is 0 Å². The normalized spacial score (nSPS) is 13.5. The Hall–Kier alpha value is -2.80. The Bertz CT molecular complexity index is 1650. The van der Waals surface area contributed by atoms with Gasteiger partial charge in [-0.25, -0.2) is 4.98 Å². The lowest BCUT2D eigenvalue weighted by Crippen LogP contribution is -2.03. The number of nitrogens with zero attached hydrogens (tertiary/aromatic N) is 3. The number of thiazole rings is 1. The fourth-order valence-electron chi connectivity index (χ4n) is 5.00. The third-order valence-corrected chi connectivity index (χ3v) is 9.73. The molecule has 0 radical (unpaired) electrons. The monoisotopic (exact) mass is 525 g/mol. The molecule has 0 aliphatic rings. The van der Waals surface area contributed by atoms with Crippen molar-refractivity contribution in [1.29, 1.82) is 0 Å². The minimum atomic E-state index is 0.326. The topological polar surface area (TPSA) is 38.7 Å². The first-order chi connectivity index (χ1) is 17.6. The minimum Gasteiger partial charge on any atom is -0.260 e. The first-order valence-corrected chi connectivity index (χ1v) is 15.1. The molecule has 2 unspecified atom stereocenters. The number of fused-ring (bicyclic) bond motifs is 3. The van der Waals surface area contributed by atoms with E-state index in [1.165, 1.54) is 47.4 Å². The standard InChI is InChI=1S/C30H27N3S3/c1-18(14-21-9-11-24-27(17-21)36-33-30(24)34-3)28-23-10-8-20(16-22(23)12-13-31-28)15-19(2)29-32-25-6-4-5-7-26(25)35-29/h4-13,16-19H,14-15H2,1-3H3. The molecule has 0 aliphatic carbocycles. The molecule has 0 spiro atoms. The molecule has 6 heteroatoms. The van der Waals surface area contributed by atoms with Gasteiger partial charge in [0.05, 0.1) is 25.6 Å². The fraction of sp³-hybridized carbons (Fsp3) is 0.233. The Labute approximate surface area is 223 Å². The van der Waals surface area contributed by atoms with E-state index in [2.05, 4.69) is 91.2 Å². The summed E-state index contributed by atoms with van der Waals surface area (Å²) in [4.78, 5) is 9.70. The van der Waals surface area contributed by atoms with Crippen LogP contribution >= 0.6 is 34.6 Å². The summed E-state index contributed by atoms with van der Waals surface area (Å²) in [5, 5.41) is 6.12. The number of hydrogen-bond donors (Lipinski definition) is 0. The lowest BCUT2D eigenvalue weighted by Gasteiger charge is -2.15. The molecule has 3 nitrogen and oxygen atoms in total. The quantitative estimate of drug-likeness (QED) is 0.195. The Morgan fingerprint density at radius 3 is 2.44 bits per heavy atom. The zero-order valence-corrected chi connectivity index (χ0v) is 23.0. The van der Waals surface area contributed by atoms with Crippen molar-refractivity contribution in [3.05, 3.63) is 94.8 Å². The first kappa shape index (κ1) is 23.6. The summed E-state index contributed by atoms with van der Waals surface area (Å²) in [6, 6.07) is 24.2. The molecule has 3 heterocycles. The number of benzene rings is 3. The molecule has 0 saturated heterocycles. The van der Waals surface area contributed by atoms with Crippen LogP contribution in [0.15, 0.2) is 78.0 Å². The molecular weight excluding hydrogens is 499 g/mol. The van der Waals surface area contributed by atoms with Crippen molar-refractivity contribution in [3.8, 4) is 0 Å². The molecule has 0 amide bonds. The summed E-state index contributed by atoms with van der Waals surface area (Å²) in [7, 11) is 0. The highest BCUT2D eigenvalue weighted by Gasteiger charge is 2.16. The number of thioether (sulfide) groups is 1. The van der Waals surface area contributed by atoms with Gasteiger partial charge in [-0.3, -0.25) is 4.98 Å². The maximum absolute atomic E-state index is 4.88. The molecule has 0 aliphatic heterocycles. The van der Waals surface area contributed by atoms with Crippen molar-refractivity contribution in [2.24, 2.45) is 0 Å². The van der Waals surface area contributed by atoms with E-state index in [4.69, 9.17) is 9.97 Å². The van der Waals surface area contributed by atoms with Gasteiger partial charge in [-0.15, -0.1) is 23.1 Å². The van der Waals surface area contributed by atoms with Crippen LogP contribution < -0.4 is 0 Å². The van der Waals surface area contributed by atoms with Crippen LogP contribution in [0.3, 0.4) is 0 Å². The van der Waals surface area contributed by atoms with Gasteiger partial charge in [-0.05, 0) is 71.4 Å². The van der Waals surface area contributed by atoms with Crippen molar-refractivity contribution < 1.29 is 0 Å². The second-order valence-corrected chi connectivity index (χ2v) is 12.2. The number of pyridine rings is 1. The highest BCUT2D eigenvalue weighted by Crippen LogP contribution is 2.33. The van der Waals surface area contributed by atoms with Gasteiger partial charge in [-0.2, -0.15) is 4.37 Å². The Morgan fingerprint density at radius 2 is 1.61 bits per heavy atom. The summed E-state index contributed by atoms with van der Waals surface area (Å²) in [5.41, 5.74) is 4.96.